The summed E-state index contributed by atoms with van der Waals surface area (Å²) in [6, 6.07) is 8.73. The Bertz CT molecular complexity index is 770. The summed E-state index contributed by atoms with van der Waals surface area (Å²) in [4.78, 5) is 6.06. The molecule has 1 aliphatic heterocycles. The lowest BCUT2D eigenvalue weighted by molar-refractivity contribution is -0.137. The molecule has 1 saturated heterocycles. The van der Waals surface area contributed by atoms with Gasteiger partial charge in [0.25, 0.3) is 0 Å². The summed E-state index contributed by atoms with van der Waals surface area (Å²) in [6.07, 6.45) is -2.69. The maximum absolute atomic E-state index is 12.7. The molecular weight excluding hydrogens is 367 g/mol. The lowest BCUT2D eigenvalue weighted by atomic mass is 10.1. The van der Waals surface area contributed by atoms with E-state index in [1.54, 1.807) is 7.11 Å². The van der Waals surface area contributed by atoms with Gasteiger partial charge in [0.1, 0.15) is 11.6 Å². The largest absolute Gasteiger partial charge is 0.495 e. The molecule has 2 aromatic rings. The van der Waals surface area contributed by atoms with Crippen LogP contribution < -0.4 is 15.0 Å². The second-order valence-electron chi connectivity index (χ2n) is 6.21. The molecule has 0 amide bonds. The van der Waals surface area contributed by atoms with Crippen LogP contribution in [0.4, 0.5) is 24.7 Å². The fourth-order valence-corrected chi connectivity index (χ4v) is 3.31. The van der Waals surface area contributed by atoms with E-state index in [1.165, 1.54) is 0 Å². The standard InChI is InChI=1S/C18H19ClF3N3O/c1-26-16-5-3-2-4-15(16)25-7-6-12(11-25)9-23-17-14(19)8-13(10-24-17)18(20,21)22/h2-5,8,10,12H,6-7,9,11H2,1H3,(H,23,24)/t12-/m1/s1. The van der Waals surface area contributed by atoms with Crippen molar-refractivity contribution in [2.45, 2.75) is 12.6 Å². The zero-order chi connectivity index (χ0) is 18.7. The SMILES string of the molecule is COc1ccccc1N1CC[C@H](CNc2ncc(C(F)(F)F)cc2Cl)C1. The van der Waals surface area contributed by atoms with Crippen LogP contribution in [0.3, 0.4) is 0 Å². The summed E-state index contributed by atoms with van der Waals surface area (Å²) in [5.74, 6) is 1.43. The Hall–Kier alpha value is -2.15. The third-order valence-electron chi connectivity index (χ3n) is 4.44. The Morgan fingerprint density at radius 2 is 2.12 bits per heavy atom. The molecule has 1 atom stereocenters. The molecule has 2 heterocycles. The number of nitrogens with zero attached hydrogens (tertiary/aromatic N) is 2. The summed E-state index contributed by atoms with van der Waals surface area (Å²) in [5, 5.41) is 3.04. The topological polar surface area (TPSA) is 37.4 Å². The van der Waals surface area contributed by atoms with Crippen molar-refractivity contribution in [1.29, 1.82) is 0 Å². The molecule has 0 saturated carbocycles. The second-order valence-corrected chi connectivity index (χ2v) is 6.61. The number of aromatic nitrogens is 1. The highest BCUT2D eigenvalue weighted by Gasteiger charge is 2.31. The van der Waals surface area contributed by atoms with Crippen molar-refractivity contribution in [3.63, 3.8) is 0 Å². The Morgan fingerprint density at radius 1 is 1.35 bits per heavy atom. The number of hydrogen-bond donors (Lipinski definition) is 1. The molecule has 3 rings (SSSR count). The monoisotopic (exact) mass is 385 g/mol. The molecule has 140 valence electrons. The number of ether oxygens (including phenoxy) is 1. The third kappa shape index (κ3) is 4.15. The lowest BCUT2D eigenvalue weighted by Gasteiger charge is -2.21. The quantitative estimate of drug-likeness (QED) is 0.809. The number of hydrogen-bond acceptors (Lipinski definition) is 4. The molecule has 1 aliphatic rings. The van der Waals surface area contributed by atoms with E-state index in [1.807, 2.05) is 24.3 Å². The van der Waals surface area contributed by atoms with E-state index < -0.39 is 11.7 Å². The van der Waals surface area contributed by atoms with Crippen molar-refractivity contribution in [3.8, 4) is 5.75 Å². The van der Waals surface area contributed by atoms with Gasteiger partial charge in [-0.15, -0.1) is 0 Å². The van der Waals surface area contributed by atoms with E-state index >= 15 is 0 Å². The number of methoxy groups -OCH3 is 1. The fraction of sp³-hybridized carbons (Fsp3) is 0.389. The van der Waals surface area contributed by atoms with Crippen molar-refractivity contribution in [2.75, 3.05) is 37.0 Å². The maximum Gasteiger partial charge on any atom is 0.417 e. The molecule has 0 bridgehead atoms. The molecule has 0 spiro atoms. The van der Waals surface area contributed by atoms with Gasteiger partial charge in [-0.1, -0.05) is 23.7 Å². The first-order chi connectivity index (χ1) is 12.4. The minimum Gasteiger partial charge on any atom is -0.495 e. The van der Waals surface area contributed by atoms with E-state index in [-0.39, 0.29) is 10.8 Å². The van der Waals surface area contributed by atoms with Gasteiger partial charge in [-0.3, -0.25) is 0 Å². The van der Waals surface area contributed by atoms with Crippen LogP contribution in [0.1, 0.15) is 12.0 Å². The average Bonchev–Trinajstić information content (AvgIpc) is 3.08. The van der Waals surface area contributed by atoms with E-state index in [0.717, 1.165) is 43.2 Å². The number of para-hydroxylation sites is 2. The highest BCUT2D eigenvalue weighted by Crippen LogP contribution is 2.34. The van der Waals surface area contributed by atoms with E-state index in [0.29, 0.717) is 12.5 Å². The zero-order valence-electron chi connectivity index (χ0n) is 14.2. The molecule has 1 fully saturated rings. The van der Waals surface area contributed by atoms with E-state index in [2.05, 4.69) is 15.2 Å². The minimum absolute atomic E-state index is 0.0283. The summed E-state index contributed by atoms with van der Waals surface area (Å²) in [6.45, 7) is 2.30. The molecule has 1 aromatic heterocycles. The molecular formula is C18H19ClF3N3O. The molecule has 8 heteroatoms. The van der Waals surface area contributed by atoms with Crippen LogP contribution in [0.5, 0.6) is 5.75 Å². The molecule has 1 N–H and O–H groups in total. The number of nitrogens with one attached hydrogen (secondary N) is 1. The second kappa shape index (κ2) is 7.61. The minimum atomic E-state index is -4.45. The summed E-state index contributed by atoms with van der Waals surface area (Å²) in [7, 11) is 1.65. The van der Waals surface area contributed by atoms with Gasteiger partial charge in [-0.05, 0) is 30.5 Å². The van der Waals surface area contributed by atoms with Gasteiger partial charge in [0.2, 0.25) is 0 Å². The number of anilines is 2. The lowest BCUT2D eigenvalue weighted by Crippen LogP contribution is -2.23. The number of alkyl halides is 3. The maximum atomic E-state index is 12.7. The van der Waals surface area contributed by atoms with Crippen molar-refractivity contribution in [3.05, 3.63) is 47.1 Å². The van der Waals surface area contributed by atoms with Crippen LogP contribution in [0, 0.1) is 5.92 Å². The number of rotatable bonds is 5. The van der Waals surface area contributed by atoms with Gasteiger partial charge >= 0.3 is 6.18 Å². The summed E-state index contributed by atoms with van der Waals surface area (Å²) in [5.41, 5.74) is 0.194. The van der Waals surface area contributed by atoms with Gasteiger partial charge in [0, 0.05) is 25.8 Å². The van der Waals surface area contributed by atoms with Crippen molar-refractivity contribution >= 4 is 23.1 Å². The van der Waals surface area contributed by atoms with E-state index in [9.17, 15) is 13.2 Å². The van der Waals surface area contributed by atoms with Gasteiger partial charge in [0.05, 0.1) is 23.4 Å². The molecule has 1 aromatic carbocycles. The number of pyridine rings is 1. The summed E-state index contributed by atoms with van der Waals surface area (Å²) >= 11 is 5.93. The molecule has 4 nitrogen and oxygen atoms in total. The molecule has 0 unspecified atom stereocenters. The van der Waals surface area contributed by atoms with Gasteiger partial charge in [0.15, 0.2) is 0 Å². The third-order valence-corrected chi connectivity index (χ3v) is 4.73. The van der Waals surface area contributed by atoms with Crippen LogP contribution >= 0.6 is 11.6 Å². The van der Waals surface area contributed by atoms with Crippen molar-refractivity contribution in [1.82, 2.24) is 4.98 Å². The van der Waals surface area contributed by atoms with Crippen LogP contribution in [0.15, 0.2) is 36.5 Å². The number of benzene rings is 1. The normalized spacial score (nSPS) is 17.4. The zero-order valence-corrected chi connectivity index (χ0v) is 14.9. The first-order valence-corrected chi connectivity index (χ1v) is 8.61. The Kier molecular flexibility index (Phi) is 5.46. The highest BCUT2D eigenvalue weighted by atomic mass is 35.5. The molecule has 0 radical (unpaired) electrons. The summed E-state index contributed by atoms with van der Waals surface area (Å²) < 4.78 is 43.4. The van der Waals surface area contributed by atoms with Gasteiger partial charge < -0.3 is 15.0 Å². The van der Waals surface area contributed by atoms with Gasteiger partial charge in [-0.2, -0.15) is 13.2 Å². The highest BCUT2D eigenvalue weighted by molar-refractivity contribution is 6.32. The van der Waals surface area contributed by atoms with Crippen LogP contribution in [-0.4, -0.2) is 31.7 Å². The Morgan fingerprint density at radius 3 is 2.81 bits per heavy atom. The Labute approximate surface area is 154 Å². The first kappa shape index (κ1) is 18.6. The fourth-order valence-electron chi connectivity index (χ4n) is 3.07. The molecule has 26 heavy (non-hydrogen) atoms. The van der Waals surface area contributed by atoms with Gasteiger partial charge in [-0.25, -0.2) is 4.98 Å². The first-order valence-electron chi connectivity index (χ1n) is 8.23. The molecule has 0 aliphatic carbocycles. The number of halogens is 4. The average molecular weight is 386 g/mol. The predicted octanol–water partition coefficient (Wildman–Crippen LogP) is 4.70. The smallest absolute Gasteiger partial charge is 0.417 e. The van der Waals surface area contributed by atoms with E-state index in [4.69, 9.17) is 16.3 Å². The Balaban J connectivity index is 1.60. The van der Waals surface area contributed by atoms with Crippen molar-refractivity contribution < 1.29 is 17.9 Å². The predicted molar refractivity (Wildman–Crippen MR) is 96.1 cm³/mol. The van der Waals surface area contributed by atoms with Crippen LogP contribution in [0.25, 0.3) is 0 Å². The van der Waals surface area contributed by atoms with Crippen molar-refractivity contribution in [2.24, 2.45) is 5.92 Å². The van der Waals surface area contributed by atoms with Crippen LogP contribution in [0.2, 0.25) is 5.02 Å². The van der Waals surface area contributed by atoms with Crippen LogP contribution in [-0.2, 0) is 6.18 Å².